The fourth-order valence-electron chi connectivity index (χ4n) is 3.22. The van der Waals surface area contributed by atoms with Gasteiger partial charge in [-0.05, 0) is 32.4 Å². The first kappa shape index (κ1) is 19.6. The van der Waals surface area contributed by atoms with Gasteiger partial charge >= 0.3 is 11.9 Å². The Kier molecular flexibility index (Phi) is 5.44. The van der Waals surface area contributed by atoms with E-state index in [1.807, 2.05) is 23.6 Å². The molecule has 1 N–H and O–H groups in total. The maximum absolute atomic E-state index is 12.6. The number of cyclic esters (lactones) is 1. The largest absolute Gasteiger partial charge is 0.465 e. The fourth-order valence-corrected chi connectivity index (χ4v) is 4.25. The second-order valence-electron chi connectivity index (χ2n) is 6.60. The summed E-state index contributed by atoms with van der Waals surface area (Å²) in [4.78, 5) is 29.6. The van der Waals surface area contributed by atoms with E-state index in [9.17, 15) is 9.59 Å². The maximum Gasteiger partial charge on any atom is 0.324 e. The highest BCUT2D eigenvalue weighted by atomic mass is 35.5. The molecular weight excluding hydrogens is 388 g/mol. The van der Waals surface area contributed by atoms with Crippen LogP contribution in [0.15, 0.2) is 29.6 Å². The van der Waals surface area contributed by atoms with Crippen molar-refractivity contribution in [1.82, 2.24) is 4.98 Å². The van der Waals surface area contributed by atoms with Gasteiger partial charge in [0.15, 0.2) is 16.1 Å². The van der Waals surface area contributed by atoms with Gasteiger partial charge in [-0.3, -0.25) is 9.59 Å². The van der Waals surface area contributed by atoms with Crippen molar-refractivity contribution in [3.05, 3.63) is 40.4 Å². The Balaban J connectivity index is 1.85. The van der Waals surface area contributed by atoms with Gasteiger partial charge in [-0.25, -0.2) is 4.98 Å². The first-order valence-electron chi connectivity index (χ1n) is 8.73. The van der Waals surface area contributed by atoms with E-state index < -0.39 is 23.0 Å². The summed E-state index contributed by atoms with van der Waals surface area (Å²) in [6, 6.07) is 7.36. The number of aromatic nitrogens is 1. The Morgan fingerprint density at radius 3 is 2.81 bits per heavy atom. The van der Waals surface area contributed by atoms with Gasteiger partial charge in [-0.2, -0.15) is 0 Å². The first-order valence-corrected chi connectivity index (χ1v) is 9.98. The number of esters is 2. The van der Waals surface area contributed by atoms with Crippen LogP contribution in [0.2, 0.25) is 5.02 Å². The van der Waals surface area contributed by atoms with E-state index in [-0.39, 0.29) is 13.0 Å². The number of thiazole rings is 1. The lowest BCUT2D eigenvalue weighted by molar-refractivity contribution is -0.166. The standard InChI is InChI=1S/C19H21ClN2O4S/c1-4-19(15(23)25-5-2)11-18(3,26-16(19)24)14-10-27-17(22-14)21-13-9-7-6-8-12(13)20/h6-10H,4-5,11H2,1-3H3,(H,21,22). The summed E-state index contributed by atoms with van der Waals surface area (Å²) in [6.07, 6.45) is 0.512. The summed E-state index contributed by atoms with van der Waals surface area (Å²) in [6.45, 7) is 5.49. The van der Waals surface area contributed by atoms with Crippen molar-refractivity contribution in [3.63, 3.8) is 0 Å². The van der Waals surface area contributed by atoms with Crippen LogP contribution in [0.1, 0.15) is 39.3 Å². The number of carbonyl (C=O) groups excluding carboxylic acids is 2. The summed E-state index contributed by atoms with van der Waals surface area (Å²) in [5.41, 5.74) is -0.945. The smallest absolute Gasteiger partial charge is 0.324 e. The molecule has 6 nitrogen and oxygen atoms in total. The predicted molar refractivity (Wildman–Crippen MR) is 104 cm³/mol. The van der Waals surface area contributed by atoms with Gasteiger partial charge in [0.05, 0.1) is 23.0 Å². The third-order valence-corrected chi connectivity index (χ3v) is 5.87. The van der Waals surface area contributed by atoms with Crippen LogP contribution in [0.5, 0.6) is 0 Å². The molecule has 27 heavy (non-hydrogen) atoms. The summed E-state index contributed by atoms with van der Waals surface area (Å²) < 4.78 is 10.8. The minimum absolute atomic E-state index is 0.198. The summed E-state index contributed by atoms with van der Waals surface area (Å²) in [5.74, 6) is -1.09. The third kappa shape index (κ3) is 3.53. The minimum Gasteiger partial charge on any atom is -0.465 e. The number of benzene rings is 1. The van der Waals surface area contributed by atoms with Crippen molar-refractivity contribution in [2.45, 2.75) is 39.2 Å². The van der Waals surface area contributed by atoms with E-state index in [0.717, 1.165) is 5.69 Å². The lowest BCUT2D eigenvalue weighted by Crippen LogP contribution is -2.37. The lowest BCUT2D eigenvalue weighted by Gasteiger charge is -2.23. The van der Waals surface area contributed by atoms with E-state index >= 15 is 0 Å². The number of rotatable bonds is 6. The second-order valence-corrected chi connectivity index (χ2v) is 7.86. The van der Waals surface area contributed by atoms with Crippen LogP contribution in [0.25, 0.3) is 0 Å². The predicted octanol–water partition coefficient (Wildman–Crippen LogP) is 4.66. The number of halogens is 1. The highest BCUT2D eigenvalue weighted by Crippen LogP contribution is 2.49. The summed E-state index contributed by atoms with van der Waals surface area (Å²) >= 11 is 7.55. The molecule has 1 aromatic carbocycles. The number of hydrogen-bond donors (Lipinski definition) is 1. The molecule has 1 aliphatic heterocycles. The van der Waals surface area contributed by atoms with E-state index in [1.165, 1.54) is 11.3 Å². The van der Waals surface area contributed by atoms with Crippen molar-refractivity contribution in [2.75, 3.05) is 11.9 Å². The Hall–Kier alpha value is -2.12. The molecule has 2 aromatic rings. The molecule has 0 saturated carbocycles. The number of anilines is 2. The number of carbonyl (C=O) groups is 2. The zero-order chi connectivity index (χ0) is 19.7. The van der Waals surface area contributed by atoms with Gasteiger partial charge in [0.2, 0.25) is 0 Å². The zero-order valence-corrected chi connectivity index (χ0v) is 16.9. The van der Waals surface area contributed by atoms with Crippen LogP contribution >= 0.6 is 22.9 Å². The fraction of sp³-hybridized carbons (Fsp3) is 0.421. The van der Waals surface area contributed by atoms with Gasteiger partial charge < -0.3 is 14.8 Å². The van der Waals surface area contributed by atoms with Crippen LogP contribution in [-0.4, -0.2) is 23.5 Å². The summed E-state index contributed by atoms with van der Waals surface area (Å²) in [7, 11) is 0. The van der Waals surface area contributed by atoms with E-state index in [4.69, 9.17) is 21.1 Å². The van der Waals surface area contributed by atoms with Crippen LogP contribution < -0.4 is 5.32 Å². The molecule has 1 saturated heterocycles. The molecule has 3 rings (SSSR count). The average Bonchev–Trinajstić information content (AvgIpc) is 3.21. The van der Waals surface area contributed by atoms with Gasteiger partial charge in [0.1, 0.15) is 0 Å². The first-order chi connectivity index (χ1) is 12.8. The molecule has 0 bridgehead atoms. The van der Waals surface area contributed by atoms with Crippen LogP contribution in [0.4, 0.5) is 10.8 Å². The lowest BCUT2D eigenvalue weighted by atomic mass is 9.78. The normalized spacial score (nSPS) is 24.5. The molecule has 2 heterocycles. The van der Waals surface area contributed by atoms with Gasteiger partial charge in [0, 0.05) is 11.8 Å². The van der Waals surface area contributed by atoms with Crippen molar-refractivity contribution >= 4 is 45.7 Å². The highest BCUT2D eigenvalue weighted by molar-refractivity contribution is 7.13. The molecule has 2 atom stereocenters. The van der Waals surface area contributed by atoms with Crippen LogP contribution in [0, 0.1) is 5.41 Å². The van der Waals surface area contributed by atoms with E-state index in [1.54, 1.807) is 26.8 Å². The molecule has 0 aliphatic carbocycles. The number of nitrogens with one attached hydrogen (secondary N) is 1. The van der Waals surface area contributed by atoms with Gasteiger partial charge in [0.25, 0.3) is 0 Å². The minimum atomic E-state index is -1.29. The van der Waals surface area contributed by atoms with Gasteiger partial charge in [-0.15, -0.1) is 11.3 Å². The molecule has 0 radical (unpaired) electrons. The molecule has 0 amide bonds. The SMILES string of the molecule is CCOC(=O)C1(CC)CC(C)(c2csc(Nc3ccccc3Cl)n2)OC1=O. The monoisotopic (exact) mass is 408 g/mol. The molecule has 1 aliphatic rings. The Morgan fingerprint density at radius 1 is 1.41 bits per heavy atom. The molecule has 2 unspecified atom stereocenters. The topological polar surface area (TPSA) is 77.5 Å². The number of hydrogen-bond acceptors (Lipinski definition) is 7. The highest BCUT2D eigenvalue weighted by Gasteiger charge is 2.60. The van der Waals surface area contributed by atoms with Crippen molar-refractivity contribution in [3.8, 4) is 0 Å². The zero-order valence-electron chi connectivity index (χ0n) is 15.4. The maximum atomic E-state index is 12.6. The van der Waals surface area contributed by atoms with E-state index in [2.05, 4.69) is 10.3 Å². The number of para-hydroxylation sites is 1. The summed E-state index contributed by atoms with van der Waals surface area (Å²) in [5, 5.41) is 6.20. The second kappa shape index (κ2) is 7.48. The number of nitrogens with zero attached hydrogens (tertiary/aromatic N) is 1. The average molecular weight is 409 g/mol. The Labute approximate surface area is 166 Å². The molecule has 1 aromatic heterocycles. The van der Waals surface area contributed by atoms with Crippen molar-refractivity contribution < 1.29 is 19.1 Å². The van der Waals surface area contributed by atoms with Gasteiger partial charge in [-0.1, -0.05) is 30.7 Å². The van der Waals surface area contributed by atoms with Crippen LogP contribution in [0.3, 0.4) is 0 Å². The number of ether oxygens (including phenoxy) is 2. The van der Waals surface area contributed by atoms with E-state index in [0.29, 0.717) is 22.3 Å². The molecule has 8 heteroatoms. The molecule has 1 fully saturated rings. The third-order valence-electron chi connectivity index (χ3n) is 4.78. The van der Waals surface area contributed by atoms with Crippen molar-refractivity contribution in [1.29, 1.82) is 0 Å². The van der Waals surface area contributed by atoms with Crippen molar-refractivity contribution in [2.24, 2.45) is 5.41 Å². The molecule has 0 spiro atoms. The molecule has 144 valence electrons. The Bertz CT molecular complexity index is 871. The molecular formula is C19H21ClN2O4S. The van der Waals surface area contributed by atoms with Crippen LogP contribution in [-0.2, 0) is 24.7 Å². The quantitative estimate of drug-likeness (QED) is 0.553. The Morgan fingerprint density at radius 2 is 2.15 bits per heavy atom.